The topological polar surface area (TPSA) is 77.5 Å². The van der Waals surface area contributed by atoms with E-state index in [-0.39, 0.29) is 36.0 Å². The molecule has 0 bridgehead atoms. The molecule has 2 aliphatic heterocycles. The first-order chi connectivity index (χ1) is 17.5. The van der Waals surface area contributed by atoms with Crippen molar-refractivity contribution in [1.29, 1.82) is 0 Å². The summed E-state index contributed by atoms with van der Waals surface area (Å²) in [7, 11) is 6.43. The quantitative estimate of drug-likeness (QED) is 0.523. The Labute approximate surface area is 212 Å². The lowest BCUT2D eigenvalue weighted by Gasteiger charge is -2.58. The van der Waals surface area contributed by atoms with Crippen LogP contribution in [0.15, 0.2) is 48.5 Å². The van der Waals surface area contributed by atoms with Crippen LogP contribution in [-0.2, 0) is 19.1 Å². The van der Waals surface area contributed by atoms with Gasteiger partial charge in [-0.3, -0.25) is 9.59 Å². The van der Waals surface area contributed by atoms with Crippen molar-refractivity contribution < 1.29 is 28.5 Å². The van der Waals surface area contributed by atoms with Crippen LogP contribution in [0.4, 0.5) is 0 Å². The van der Waals surface area contributed by atoms with Crippen LogP contribution in [0.3, 0.4) is 0 Å². The van der Waals surface area contributed by atoms with Gasteiger partial charge in [-0.25, -0.2) is 0 Å². The Kier molecular flexibility index (Phi) is 6.90. The lowest BCUT2D eigenvalue weighted by atomic mass is 9.78. The molecule has 0 radical (unpaired) electrons. The Morgan fingerprint density at radius 2 is 0.972 bits per heavy atom. The monoisotopic (exact) mass is 494 g/mol. The first-order valence-electron chi connectivity index (χ1n) is 12.5. The molecular formula is C28H34N2O6. The number of β-lactam (4-membered cyclic amide) rings is 2. The number of nitrogens with zero attached hydrogens (tertiary/aromatic N) is 2. The van der Waals surface area contributed by atoms with E-state index in [0.29, 0.717) is 0 Å². The standard InChI is InChI=1S/C28H34N2O6/c1-33-19-13-9-17(10-14-19)23-25(35-3)27(31)29(23)21-7-5-6-8-22(21)30-24(26(36-4)28(30)32)18-11-15-20(34-2)16-12-18/h9-16,21-26H,5-8H2,1-4H3/t21?,22?,23-,24+,25+,26-. The van der Waals surface area contributed by atoms with Gasteiger partial charge in [-0.15, -0.1) is 0 Å². The molecule has 5 rings (SSSR count). The van der Waals surface area contributed by atoms with E-state index in [2.05, 4.69) is 0 Å². The zero-order chi connectivity index (χ0) is 25.4. The van der Waals surface area contributed by atoms with Crippen molar-refractivity contribution >= 4 is 11.8 Å². The number of methoxy groups -OCH3 is 4. The number of amides is 2. The molecule has 2 aromatic carbocycles. The summed E-state index contributed by atoms with van der Waals surface area (Å²) >= 11 is 0. The van der Waals surface area contributed by atoms with E-state index in [1.54, 1.807) is 28.4 Å². The zero-order valence-electron chi connectivity index (χ0n) is 21.3. The van der Waals surface area contributed by atoms with Crippen LogP contribution in [0, 0.1) is 0 Å². The van der Waals surface area contributed by atoms with Crippen molar-refractivity contribution in [3.63, 3.8) is 0 Å². The number of carbonyl (C=O) groups is 2. The van der Waals surface area contributed by atoms with Crippen LogP contribution >= 0.6 is 0 Å². The molecule has 2 aromatic rings. The Hall–Kier alpha value is -3.10. The molecule has 3 aliphatic rings. The minimum absolute atomic E-state index is 0.0209. The van der Waals surface area contributed by atoms with Gasteiger partial charge in [0.25, 0.3) is 11.8 Å². The second-order valence-electron chi connectivity index (χ2n) is 9.66. The molecule has 6 atom stereocenters. The van der Waals surface area contributed by atoms with Crippen LogP contribution < -0.4 is 9.47 Å². The van der Waals surface area contributed by atoms with Crippen molar-refractivity contribution in [2.75, 3.05) is 28.4 Å². The summed E-state index contributed by atoms with van der Waals surface area (Å²) in [5.41, 5.74) is 2.01. The molecule has 8 heteroatoms. The molecule has 2 heterocycles. The van der Waals surface area contributed by atoms with Gasteiger partial charge in [0.2, 0.25) is 0 Å². The van der Waals surface area contributed by atoms with Crippen LogP contribution in [-0.4, -0.2) is 74.3 Å². The van der Waals surface area contributed by atoms with Gasteiger partial charge >= 0.3 is 0 Å². The number of likely N-dealkylation sites (tertiary alicyclic amines) is 2. The van der Waals surface area contributed by atoms with Gasteiger partial charge < -0.3 is 28.7 Å². The zero-order valence-corrected chi connectivity index (χ0v) is 21.3. The molecule has 1 aliphatic carbocycles. The third-order valence-corrected chi connectivity index (χ3v) is 8.00. The third kappa shape index (κ3) is 3.92. The Morgan fingerprint density at radius 3 is 1.28 bits per heavy atom. The minimum atomic E-state index is -0.530. The van der Waals surface area contributed by atoms with Crippen molar-refractivity contribution in [3.8, 4) is 11.5 Å². The highest BCUT2D eigenvalue weighted by molar-refractivity contribution is 5.91. The van der Waals surface area contributed by atoms with Gasteiger partial charge in [-0.2, -0.15) is 0 Å². The first-order valence-corrected chi connectivity index (χ1v) is 12.5. The molecular weight excluding hydrogens is 460 g/mol. The number of hydrogen-bond acceptors (Lipinski definition) is 6. The number of ether oxygens (including phenoxy) is 4. The predicted octanol–water partition coefficient (Wildman–Crippen LogP) is 3.51. The van der Waals surface area contributed by atoms with Crippen molar-refractivity contribution in [1.82, 2.24) is 9.80 Å². The number of carbonyl (C=O) groups excluding carboxylic acids is 2. The largest absolute Gasteiger partial charge is 0.497 e. The summed E-state index contributed by atoms with van der Waals surface area (Å²) < 4.78 is 21.9. The second-order valence-corrected chi connectivity index (χ2v) is 9.66. The summed E-state index contributed by atoms with van der Waals surface area (Å²) in [4.78, 5) is 30.6. The molecule has 0 spiro atoms. The summed E-state index contributed by atoms with van der Waals surface area (Å²) in [6, 6.07) is 15.0. The van der Waals surface area contributed by atoms with Crippen molar-refractivity contribution in [2.45, 2.75) is 62.1 Å². The van der Waals surface area contributed by atoms with E-state index >= 15 is 0 Å². The van der Waals surface area contributed by atoms with Gasteiger partial charge in [0.15, 0.2) is 12.2 Å². The van der Waals surface area contributed by atoms with Crippen LogP contribution in [0.2, 0.25) is 0 Å². The lowest BCUT2D eigenvalue weighted by Crippen LogP contribution is -2.72. The molecule has 1 saturated carbocycles. The Bertz CT molecular complexity index is 1000. The van der Waals surface area contributed by atoms with Gasteiger partial charge in [0, 0.05) is 14.2 Å². The number of hydrogen-bond donors (Lipinski definition) is 0. The maximum absolute atomic E-state index is 13.3. The van der Waals surface area contributed by atoms with E-state index in [1.165, 1.54) is 0 Å². The van der Waals surface area contributed by atoms with E-state index < -0.39 is 12.2 Å². The van der Waals surface area contributed by atoms with Crippen LogP contribution in [0.1, 0.15) is 48.9 Å². The highest BCUT2D eigenvalue weighted by Crippen LogP contribution is 2.47. The fourth-order valence-electron chi connectivity index (χ4n) is 6.18. The van der Waals surface area contributed by atoms with E-state index in [4.69, 9.17) is 18.9 Å². The van der Waals surface area contributed by atoms with Gasteiger partial charge in [-0.1, -0.05) is 37.1 Å². The summed E-state index contributed by atoms with van der Waals surface area (Å²) in [5.74, 6) is 1.49. The minimum Gasteiger partial charge on any atom is -0.497 e. The molecule has 0 N–H and O–H groups in total. The first kappa shape index (κ1) is 24.6. The summed E-state index contributed by atoms with van der Waals surface area (Å²) in [5, 5.41) is 0. The smallest absolute Gasteiger partial charge is 0.255 e. The normalized spacial score (nSPS) is 30.0. The van der Waals surface area contributed by atoms with E-state index in [9.17, 15) is 9.59 Å². The average molecular weight is 495 g/mol. The van der Waals surface area contributed by atoms with Crippen molar-refractivity contribution in [2.24, 2.45) is 0 Å². The molecule has 36 heavy (non-hydrogen) atoms. The molecule has 2 unspecified atom stereocenters. The van der Waals surface area contributed by atoms with Crippen LogP contribution in [0.25, 0.3) is 0 Å². The number of benzene rings is 2. The van der Waals surface area contributed by atoms with Gasteiger partial charge in [0.05, 0.1) is 38.4 Å². The predicted molar refractivity (Wildman–Crippen MR) is 133 cm³/mol. The maximum atomic E-state index is 13.3. The molecule has 2 saturated heterocycles. The molecule has 0 aromatic heterocycles. The molecule has 192 valence electrons. The van der Waals surface area contributed by atoms with Crippen molar-refractivity contribution in [3.05, 3.63) is 59.7 Å². The molecule has 8 nitrogen and oxygen atoms in total. The van der Waals surface area contributed by atoms with Crippen LogP contribution in [0.5, 0.6) is 11.5 Å². The fourth-order valence-corrected chi connectivity index (χ4v) is 6.18. The second kappa shape index (κ2) is 10.1. The van der Waals surface area contributed by atoms with E-state index in [0.717, 1.165) is 48.3 Å². The Morgan fingerprint density at radius 1 is 0.611 bits per heavy atom. The highest BCUT2D eigenvalue weighted by atomic mass is 16.5. The maximum Gasteiger partial charge on any atom is 0.255 e. The summed E-state index contributed by atoms with van der Waals surface area (Å²) in [6.07, 6.45) is 2.66. The van der Waals surface area contributed by atoms with Gasteiger partial charge in [-0.05, 0) is 48.2 Å². The fraction of sp³-hybridized carbons (Fsp3) is 0.500. The highest BCUT2D eigenvalue weighted by Gasteiger charge is 2.58. The Balaban J connectivity index is 1.46. The molecule has 3 fully saturated rings. The number of rotatable bonds is 8. The van der Waals surface area contributed by atoms with Gasteiger partial charge in [0.1, 0.15) is 11.5 Å². The average Bonchev–Trinajstić information content (AvgIpc) is 2.92. The lowest BCUT2D eigenvalue weighted by molar-refractivity contribution is -0.195. The SMILES string of the molecule is COc1ccc([C@@H]2[C@H](OC)C(=O)N2C2CCCCC2N2C(=O)[C@H](OC)[C@@H]2c2ccc(OC)cc2)cc1. The molecule has 2 amide bonds. The summed E-state index contributed by atoms with van der Waals surface area (Å²) in [6.45, 7) is 0. The third-order valence-electron chi connectivity index (χ3n) is 8.00. The van der Waals surface area contributed by atoms with E-state index in [1.807, 2.05) is 58.3 Å².